The fourth-order valence-corrected chi connectivity index (χ4v) is 2.99. The number of carboxylic acid groups (broad SMARTS) is 1. The van der Waals surface area contributed by atoms with Gasteiger partial charge in [-0.3, -0.25) is 4.79 Å². The number of rotatable bonds is 2. The number of halogens is 2. The minimum Gasteiger partial charge on any atom is -0.481 e. The fourth-order valence-electron chi connectivity index (χ4n) is 2.39. The van der Waals surface area contributed by atoms with Crippen molar-refractivity contribution >= 4 is 21.9 Å². The van der Waals surface area contributed by atoms with Gasteiger partial charge in [-0.15, -0.1) is 0 Å². The molecule has 4 heteroatoms. The van der Waals surface area contributed by atoms with E-state index in [-0.39, 0.29) is 9.89 Å². The largest absolute Gasteiger partial charge is 0.481 e. The second kappa shape index (κ2) is 3.29. The third-order valence-corrected chi connectivity index (χ3v) is 4.32. The summed E-state index contributed by atoms with van der Waals surface area (Å²) in [5, 5.41) is 9.36. The third-order valence-electron chi connectivity index (χ3n) is 3.51. The van der Waals surface area contributed by atoms with Crippen LogP contribution in [0.5, 0.6) is 0 Å². The average Bonchev–Trinajstić information content (AvgIpc) is 2.75. The zero-order valence-electron chi connectivity index (χ0n) is 9.05. The van der Waals surface area contributed by atoms with Gasteiger partial charge in [0.25, 0.3) is 0 Å². The highest BCUT2D eigenvalue weighted by Crippen LogP contribution is 2.65. The molecule has 1 unspecified atom stereocenters. The van der Waals surface area contributed by atoms with E-state index in [0.29, 0.717) is 12.0 Å². The Labute approximate surface area is 102 Å². The Bertz CT molecular complexity index is 470. The Kier molecular flexibility index (Phi) is 2.38. The van der Waals surface area contributed by atoms with Crippen LogP contribution in [0.4, 0.5) is 4.39 Å². The third kappa shape index (κ3) is 1.32. The van der Waals surface area contributed by atoms with E-state index in [2.05, 4.69) is 15.9 Å². The van der Waals surface area contributed by atoms with E-state index in [1.165, 1.54) is 6.07 Å². The summed E-state index contributed by atoms with van der Waals surface area (Å²) in [6.07, 6.45) is 0.539. The van der Waals surface area contributed by atoms with Gasteiger partial charge >= 0.3 is 5.97 Å². The number of hydrogen-bond acceptors (Lipinski definition) is 1. The summed E-state index contributed by atoms with van der Waals surface area (Å²) in [5.74, 6) is -1.30. The second-order valence-electron chi connectivity index (χ2n) is 4.87. The van der Waals surface area contributed by atoms with Crippen LogP contribution in [0.3, 0.4) is 0 Å². The van der Waals surface area contributed by atoms with Crippen molar-refractivity contribution in [2.45, 2.75) is 25.7 Å². The van der Waals surface area contributed by atoms with Crippen molar-refractivity contribution in [2.24, 2.45) is 5.41 Å². The Hall–Kier alpha value is -0.900. The topological polar surface area (TPSA) is 37.3 Å². The molecule has 0 heterocycles. The number of aliphatic carboxylic acids is 1. The van der Waals surface area contributed by atoms with Gasteiger partial charge in [-0.05, 0) is 39.4 Å². The highest BCUT2D eigenvalue weighted by Gasteiger charge is 2.68. The van der Waals surface area contributed by atoms with Gasteiger partial charge < -0.3 is 5.11 Å². The summed E-state index contributed by atoms with van der Waals surface area (Å²) in [6.45, 7) is 3.77. The smallest absolute Gasteiger partial charge is 0.314 e. The van der Waals surface area contributed by atoms with Crippen LogP contribution >= 0.6 is 15.9 Å². The normalized spacial score (nSPS) is 26.5. The summed E-state index contributed by atoms with van der Waals surface area (Å²) < 4.78 is 13.7. The highest BCUT2D eigenvalue weighted by molar-refractivity contribution is 9.10. The SMILES string of the molecule is CC1(C)CC1(C(=O)O)c1cccc(F)c1Br. The van der Waals surface area contributed by atoms with Crippen molar-refractivity contribution in [3.05, 3.63) is 34.1 Å². The van der Waals surface area contributed by atoms with Crippen molar-refractivity contribution in [3.8, 4) is 0 Å². The van der Waals surface area contributed by atoms with Gasteiger partial charge in [-0.2, -0.15) is 0 Å². The molecule has 0 spiro atoms. The molecule has 1 N–H and O–H groups in total. The van der Waals surface area contributed by atoms with Crippen molar-refractivity contribution in [2.75, 3.05) is 0 Å². The van der Waals surface area contributed by atoms with Crippen molar-refractivity contribution in [1.29, 1.82) is 0 Å². The van der Waals surface area contributed by atoms with Crippen molar-refractivity contribution in [1.82, 2.24) is 0 Å². The monoisotopic (exact) mass is 286 g/mol. The highest BCUT2D eigenvalue weighted by atomic mass is 79.9. The Morgan fingerprint density at radius 3 is 2.50 bits per heavy atom. The molecule has 1 atom stereocenters. The van der Waals surface area contributed by atoms with E-state index < -0.39 is 17.2 Å². The number of benzene rings is 1. The molecule has 1 aliphatic rings. The standard InChI is InChI=1S/C12H12BrFO2/c1-11(2)6-12(11,10(15)16)7-4-3-5-8(14)9(7)13/h3-5H,6H2,1-2H3,(H,15,16). The zero-order valence-corrected chi connectivity index (χ0v) is 10.6. The number of hydrogen-bond donors (Lipinski definition) is 1. The lowest BCUT2D eigenvalue weighted by Gasteiger charge is -2.17. The first-order valence-electron chi connectivity index (χ1n) is 5.01. The van der Waals surface area contributed by atoms with Crippen LogP contribution in [0.1, 0.15) is 25.8 Å². The van der Waals surface area contributed by atoms with E-state index >= 15 is 0 Å². The Balaban J connectivity index is 2.60. The van der Waals surface area contributed by atoms with Gasteiger partial charge in [-0.25, -0.2) is 4.39 Å². The Morgan fingerprint density at radius 1 is 1.50 bits per heavy atom. The molecule has 86 valence electrons. The summed E-state index contributed by atoms with van der Waals surface area (Å²) in [4.78, 5) is 11.4. The van der Waals surface area contributed by atoms with Gasteiger partial charge in [0.15, 0.2) is 0 Å². The molecule has 0 aromatic heterocycles. The van der Waals surface area contributed by atoms with E-state index in [4.69, 9.17) is 0 Å². The molecule has 1 aromatic rings. The van der Waals surface area contributed by atoms with Crippen LogP contribution in [0.15, 0.2) is 22.7 Å². The molecule has 0 amide bonds. The predicted octanol–water partition coefficient (Wildman–Crippen LogP) is 3.34. The maximum absolute atomic E-state index is 13.4. The van der Waals surface area contributed by atoms with E-state index in [1.807, 2.05) is 13.8 Å². The van der Waals surface area contributed by atoms with Crippen LogP contribution in [-0.2, 0) is 10.2 Å². The fraction of sp³-hybridized carbons (Fsp3) is 0.417. The molecule has 0 aliphatic heterocycles. The Morgan fingerprint density at radius 2 is 2.06 bits per heavy atom. The quantitative estimate of drug-likeness (QED) is 0.905. The summed E-state index contributed by atoms with van der Waals surface area (Å²) in [6, 6.07) is 4.54. The lowest BCUT2D eigenvalue weighted by molar-refractivity contribution is -0.141. The first-order chi connectivity index (χ1) is 7.33. The predicted molar refractivity (Wildman–Crippen MR) is 61.8 cm³/mol. The van der Waals surface area contributed by atoms with Gasteiger partial charge in [-0.1, -0.05) is 26.0 Å². The zero-order chi connectivity index (χ0) is 12.1. The molecule has 0 radical (unpaired) electrons. The minimum absolute atomic E-state index is 0.267. The molecule has 1 fully saturated rings. The van der Waals surface area contributed by atoms with E-state index in [1.54, 1.807) is 12.1 Å². The second-order valence-corrected chi connectivity index (χ2v) is 5.67. The van der Waals surface area contributed by atoms with Crippen LogP contribution < -0.4 is 0 Å². The van der Waals surface area contributed by atoms with Crippen LogP contribution in [0.25, 0.3) is 0 Å². The van der Waals surface area contributed by atoms with Crippen LogP contribution in [-0.4, -0.2) is 11.1 Å². The number of carboxylic acids is 1. The van der Waals surface area contributed by atoms with Crippen LogP contribution in [0, 0.1) is 11.2 Å². The van der Waals surface area contributed by atoms with Gasteiger partial charge in [0.1, 0.15) is 5.82 Å². The maximum Gasteiger partial charge on any atom is 0.314 e. The molecule has 0 saturated heterocycles. The minimum atomic E-state index is -0.950. The average molecular weight is 287 g/mol. The van der Waals surface area contributed by atoms with Crippen molar-refractivity contribution in [3.63, 3.8) is 0 Å². The lowest BCUT2D eigenvalue weighted by Crippen LogP contribution is -2.26. The molecule has 1 aromatic carbocycles. The molecular weight excluding hydrogens is 275 g/mol. The van der Waals surface area contributed by atoms with Crippen LogP contribution in [0.2, 0.25) is 0 Å². The maximum atomic E-state index is 13.4. The van der Waals surface area contributed by atoms with E-state index in [0.717, 1.165) is 0 Å². The molecule has 1 aliphatic carbocycles. The van der Waals surface area contributed by atoms with Crippen molar-refractivity contribution < 1.29 is 14.3 Å². The number of carbonyl (C=O) groups is 1. The van der Waals surface area contributed by atoms with E-state index in [9.17, 15) is 14.3 Å². The van der Waals surface area contributed by atoms with Gasteiger partial charge in [0.05, 0.1) is 9.89 Å². The summed E-state index contributed by atoms with van der Waals surface area (Å²) >= 11 is 3.14. The molecule has 1 saturated carbocycles. The molecule has 2 rings (SSSR count). The first-order valence-corrected chi connectivity index (χ1v) is 5.80. The molecule has 2 nitrogen and oxygen atoms in total. The summed E-state index contributed by atoms with van der Waals surface area (Å²) in [7, 11) is 0. The molecule has 0 bridgehead atoms. The molecule has 16 heavy (non-hydrogen) atoms. The summed E-state index contributed by atoms with van der Waals surface area (Å²) in [5.41, 5.74) is -0.742. The first kappa shape index (κ1) is 11.6. The lowest BCUT2D eigenvalue weighted by atomic mass is 9.88. The van der Waals surface area contributed by atoms with Gasteiger partial charge in [0.2, 0.25) is 0 Å². The van der Waals surface area contributed by atoms with Gasteiger partial charge in [0, 0.05) is 0 Å². The molecular formula is C12H12BrFO2.